The van der Waals surface area contributed by atoms with Gasteiger partial charge in [0.05, 0.1) is 28.2 Å². The van der Waals surface area contributed by atoms with Crippen molar-refractivity contribution in [3.05, 3.63) is 82.3 Å². The molecule has 0 aliphatic carbocycles. The van der Waals surface area contributed by atoms with Gasteiger partial charge in [0, 0.05) is 43.7 Å². The van der Waals surface area contributed by atoms with Crippen molar-refractivity contribution in [2.45, 2.75) is 19.8 Å². The maximum Gasteiger partial charge on any atom is 0.332 e. The van der Waals surface area contributed by atoms with Crippen LogP contribution in [0.4, 0.5) is 5.69 Å². The van der Waals surface area contributed by atoms with Crippen LogP contribution < -0.4 is 10.6 Å². The number of hydrogen-bond acceptors (Lipinski definition) is 4. The number of anilines is 1. The first-order valence-corrected chi connectivity index (χ1v) is 12.4. The van der Waals surface area contributed by atoms with Gasteiger partial charge >= 0.3 is 5.69 Å². The molecule has 0 unspecified atom stereocenters. The Labute approximate surface area is 213 Å². The molecular weight excluding hydrogens is 474 g/mol. The fourth-order valence-electron chi connectivity index (χ4n) is 5.12. The van der Waals surface area contributed by atoms with Gasteiger partial charge in [-0.25, -0.2) is 9.78 Å². The van der Waals surface area contributed by atoms with Crippen LogP contribution in [0.2, 0.25) is 5.02 Å². The average molecular weight is 500 g/mol. The van der Waals surface area contributed by atoms with Crippen LogP contribution >= 0.6 is 11.6 Å². The molecule has 2 aromatic heterocycles. The van der Waals surface area contributed by atoms with E-state index < -0.39 is 0 Å². The van der Waals surface area contributed by atoms with Gasteiger partial charge in [-0.05, 0) is 72.9 Å². The lowest BCUT2D eigenvalue weighted by Gasteiger charge is -2.20. The third kappa shape index (κ3) is 3.67. The summed E-state index contributed by atoms with van der Waals surface area (Å²) >= 11 is 6.62. The molecule has 0 saturated carbocycles. The number of phenolic OH excluding ortho intramolecular Hbond substituents is 1. The molecule has 1 aliphatic rings. The largest absolute Gasteiger partial charge is 0.507 e. The van der Waals surface area contributed by atoms with Gasteiger partial charge in [-0.15, -0.1) is 0 Å². The van der Waals surface area contributed by atoms with E-state index in [2.05, 4.69) is 20.9 Å². The lowest BCUT2D eigenvalue weighted by molar-refractivity contribution is 0.479. The van der Waals surface area contributed by atoms with Crippen molar-refractivity contribution in [2.75, 3.05) is 18.0 Å². The van der Waals surface area contributed by atoms with Gasteiger partial charge in [-0.3, -0.25) is 4.57 Å². The topological polar surface area (TPSA) is 79.1 Å². The third-order valence-electron chi connectivity index (χ3n) is 6.98. The van der Waals surface area contributed by atoms with E-state index in [1.54, 1.807) is 31.8 Å². The normalized spacial score (nSPS) is 13.7. The molecule has 1 saturated heterocycles. The quantitative estimate of drug-likeness (QED) is 0.334. The number of phenols is 1. The van der Waals surface area contributed by atoms with E-state index in [-0.39, 0.29) is 11.4 Å². The van der Waals surface area contributed by atoms with E-state index in [0.717, 1.165) is 52.1 Å². The van der Waals surface area contributed by atoms with Crippen LogP contribution in [-0.4, -0.2) is 37.3 Å². The van der Waals surface area contributed by atoms with Crippen LogP contribution in [0, 0.1) is 6.92 Å². The molecule has 1 fully saturated rings. The number of hydrogen-bond donors (Lipinski definition) is 2. The molecule has 2 N–H and O–H groups in total. The summed E-state index contributed by atoms with van der Waals surface area (Å²) in [6.07, 6.45) is 7.44. The smallest absolute Gasteiger partial charge is 0.332 e. The van der Waals surface area contributed by atoms with Gasteiger partial charge < -0.3 is 19.6 Å². The minimum Gasteiger partial charge on any atom is -0.507 e. The highest BCUT2D eigenvalue weighted by Crippen LogP contribution is 2.42. The summed E-state index contributed by atoms with van der Waals surface area (Å²) in [4.78, 5) is 22.6. The molecule has 7 nitrogen and oxygen atoms in total. The summed E-state index contributed by atoms with van der Waals surface area (Å²) in [5.41, 5.74) is 7.56. The number of rotatable bonds is 4. The van der Waals surface area contributed by atoms with Crippen LogP contribution in [0.3, 0.4) is 0 Å². The van der Waals surface area contributed by atoms with E-state index in [9.17, 15) is 9.90 Å². The average Bonchev–Trinajstić information content (AvgIpc) is 3.63. The zero-order valence-corrected chi connectivity index (χ0v) is 20.9. The molecule has 0 amide bonds. The molecule has 0 radical (unpaired) electrons. The molecule has 3 aromatic carbocycles. The SMILES string of the molecule is Cc1cc(-c2ccc(-n3ccn(C)c3=O)c(Cl)c2)c(O)c(-c2cc(N3CCCC3)c3nc[nH]c3c2)c1. The molecule has 5 aromatic rings. The molecule has 3 heterocycles. The summed E-state index contributed by atoms with van der Waals surface area (Å²) in [6, 6.07) is 13.6. The molecule has 1 aliphatic heterocycles. The number of H-pyrrole nitrogens is 1. The van der Waals surface area contributed by atoms with E-state index in [0.29, 0.717) is 16.3 Å². The Morgan fingerprint density at radius 2 is 1.72 bits per heavy atom. The Morgan fingerprint density at radius 1 is 0.972 bits per heavy atom. The van der Waals surface area contributed by atoms with E-state index in [1.165, 1.54) is 22.0 Å². The fraction of sp³-hybridized carbons (Fsp3) is 0.214. The maximum absolute atomic E-state index is 12.4. The lowest BCUT2D eigenvalue weighted by Crippen LogP contribution is -2.20. The van der Waals surface area contributed by atoms with E-state index in [4.69, 9.17) is 11.6 Å². The number of imidazole rings is 2. The van der Waals surface area contributed by atoms with Crippen molar-refractivity contribution < 1.29 is 5.11 Å². The lowest BCUT2D eigenvalue weighted by atomic mass is 9.94. The number of benzene rings is 3. The van der Waals surface area contributed by atoms with Crippen LogP contribution in [0.15, 0.2) is 66.0 Å². The third-order valence-corrected chi connectivity index (χ3v) is 7.28. The number of aromatic hydroxyl groups is 1. The number of aryl methyl sites for hydroxylation is 2. The highest BCUT2D eigenvalue weighted by molar-refractivity contribution is 6.32. The van der Waals surface area contributed by atoms with Gasteiger partial charge in [-0.2, -0.15) is 0 Å². The molecule has 6 rings (SSSR count). The second-order valence-corrected chi connectivity index (χ2v) is 9.83. The van der Waals surface area contributed by atoms with Gasteiger partial charge in [0.1, 0.15) is 11.3 Å². The van der Waals surface area contributed by atoms with Crippen LogP contribution in [0.5, 0.6) is 5.75 Å². The van der Waals surface area contributed by atoms with Crippen molar-refractivity contribution in [3.8, 4) is 33.7 Å². The second kappa shape index (κ2) is 8.60. The molecule has 0 atom stereocenters. The summed E-state index contributed by atoms with van der Waals surface area (Å²) in [7, 11) is 1.70. The summed E-state index contributed by atoms with van der Waals surface area (Å²) in [5.74, 6) is 0.188. The monoisotopic (exact) mass is 499 g/mol. The maximum atomic E-state index is 12.4. The fourth-order valence-corrected chi connectivity index (χ4v) is 5.39. The first kappa shape index (κ1) is 22.5. The number of halogens is 1. The van der Waals surface area contributed by atoms with Crippen LogP contribution in [-0.2, 0) is 7.05 Å². The molecule has 36 heavy (non-hydrogen) atoms. The van der Waals surface area contributed by atoms with Crippen molar-refractivity contribution in [3.63, 3.8) is 0 Å². The Morgan fingerprint density at radius 3 is 2.42 bits per heavy atom. The van der Waals surface area contributed by atoms with Crippen LogP contribution in [0.1, 0.15) is 18.4 Å². The molecule has 8 heteroatoms. The molecule has 182 valence electrons. The summed E-state index contributed by atoms with van der Waals surface area (Å²) < 4.78 is 3.00. The Bertz CT molecular complexity index is 1670. The van der Waals surface area contributed by atoms with Crippen LogP contribution in [0.25, 0.3) is 39.0 Å². The number of nitrogens with zero attached hydrogens (tertiary/aromatic N) is 4. The predicted octanol–water partition coefficient (Wildman–Crippen LogP) is 5.65. The molecule has 0 spiro atoms. The Hall–Kier alpha value is -3.97. The van der Waals surface area contributed by atoms with Crippen molar-refractivity contribution in [1.82, 2.24) is 19.1 Å². The minimum absolute atomic E-state index is 0.173. The Balaban J connectivity index is 1.47. The molecule has 0 bridgehead atoms. The molecular formula is C28H26ClN5O2. The van der Waals surface area contributed by atoms with Gasteiger partial charge in [-0.1, -0.05) is 17.7 Å². The van der Waals surface area contributed by atoms with E-state index >= 15 is 0 Å². The standard InChI is InChI=1S/C28H26ClN5O2/c1-17-11-20(18-5-6-24(22(29)13-18)34-10-9-32(2)28(34)36)27(35)21(12-17)19-14-23-26(31-16-30-23)25(15-19)33-7-3-4-8-33/h5-6,9-16,35H,3-4,7-8H2,1-2H3,(H,30,31). The predicted molar refractivity (Wildman–Crippen MR) is 144 cm³/mol. The number of aromatic nitrogens is 4. The number of nitrogens with one attached hydrogen (secondary N) is 1. The van der Waals surface area contributed by atoms with Gasteiger partial charge in [0.25, 0.3) is 0 Å². The summed E-state index contributed by atoms with van der Waals surface area (Å²) in [6.45, 7) is 4.03. The van der Waals surface area contributed by atoms with Gasteiger partial charge in [0.15, 0.2) is 0 Å². The van der Waals surface area contributed by atoms with Crippen molar-refractivity contribution in [1.29, 1.82) is 0 Å². The minimum atomic E-state index is -0.173. The second-order valence-electron chi connectivity index (χ2n) is 9.42. The van der Waals surface area contributed by atoms with Crippen molar-refractivity contribution in [2.24, 2.45) is 7.05 Å². The number of fused-ring (bicyclic) bond motifs is 1. The Kier molecular flexibility index (Phi) is 5.38. The highest BCUT2D eigenvalue weighted by atomic mass is 35.5. The van der Waals surface area contributed by atoms with Crippen molar-refractivity contribution >= 4 is 28.3 Å². The first-order chi connectivity index (χ1) is 17.4. The van der Waals surface area contributed by atoms with Gasteiger partial charge in [0.2, 0.25) is 0 Å². The first-order valence-electron chi connectivity index (χ1n) is 12.0. The number of aromatic amines is 1. The van der Waals surface area contributed by atoms with E-state index in [1.807, 2.05) is 37.3 Å². The zero-order chi connectivity index (χ0) is 25.0. The summed E-state index contributed by atoms with van der Waals surface area (Å²) in [5, 5.41) is 11.9. The zero-order valence-electron chi connectivity index (χ0n) is 20.1. The highest BCUT2D eigenvalue weighted by Gasteiger charge is 2.20.